The summed E-state index contributed by atoms with van der Waals surface area (Å²) in [7, 11) is 0. The molecular formula is C14H18N2O3. The second kappa shape index (κ2) is 6.33. The smallest absolute Gasteiger partial charge is 0.229 e. The minimum atomic E-state index is -0.0787. The molecule has 1 amide bonds. The summed E-state index contributed by atoms with van der Waals surface area (Å²) >= 11 is 0. The Bertz CT molecular complexity index is 479. The van der Waals surface area contributed by atoms with Crippen molar-refractivity contribution in [2.45, 2.75) is 19.8 Å². The molecule has 0 aromatic heterocycles. The minimum absolute atomic E-state index is 0.0181. The number of hydrogen-bond donors (Lipinski definition) is 2. The summed E-state index contributed by atoms with van der Waals surface area (Å²) in [5, 5.41) is 14.8. The van der Waals surface area contributed by atoms with Gasteiger partial charge in [-0.05, 0) is 31.9 Å². The molecule has 2 N–H and O–H groups in total. The third-order valence-electron chi connectivity index (χ3n) is 3.23. The fraction of sp³-hybridized carbons (Fsp3) is 0.429. The number of carbonyl (C=O) groups is 1. The molecule has 2 rings (SSSR count). The van der Waals surface area contributed by atoms with Gasteiger partial charge in [0.1, 0.15) is 0 Å². The summed E-state index contributed by atoms with van der Waals surface area (Å²) in [4.78, 5) is 12.0. The molecule has 0 bridgehead atoms. The number of benzene rings is 1. The monoisotopic (exact) mass is 262 g/mol. The Morgan fingerprint density at radius 2 is 2.37 bits per heavy atom. The van der Waals surface area contributed by atoms with Crippen LogP contribution in [0.25, 0.3) is 0 Å². The molecule has 1 aromatic carbocycles. The van der Waals surface area contributed by atoms with E-state index in [4.69, 9.17) is 9.94 Å². The van der Waals surface area contributed by atoms with Gasteiger partial charge in [-0.3, -0.25) is 4.79 Å². The van der Waals surface area contributed by atoms with E-state index in [1.807, 2.05) is 18.2 Å². The fourth-order valence-corrected chi connectivity index (χ4v) is 2.07. The number of nitrogens with one attached hydrogen (secondary N) is 1. The van der Waals surface area contributed by atoms with Crippen LogP contribution in [0.1, 0.15) is 25.3 Å². The summed E-state index contributed by atoms with van der Waals surface area (Å²) < 4.78 is 5.31. The molecule has 0 spiro atoms. The lowest BCUT2D eigenvalue weighted by Gasteiger charge is -2.21. The van der Waals surface area contributed by atoms with E-state index in [1.54, 1.807) is 13.0 Å². The van der Waals surface area contributed by atoms with E-state index in [2.05, 4.69) is 10.5 Å². The number of oxime groups is 1. The van der Waals surface area contributed by atoms with Gasteiger partial charge in [0.25, 0.3) is 0 Å². The van der Waals surface area contributed by atoms with Crippen molar-refractivity contribution in [3.8, 4) is 0 Å². The average Bonchev–Trinajstić information content (AvgIpc) is 2.47. The quantitative estimate of drug-likeness (QED) is 0.498. The normalized spacial score (nSPS) is 20.1. The first-order chi connectivity index (χ1) is 9.20. The SMILES string of the molecule is CC(=NO)c1cccc(NC(=O)C2CCCOC2)c1. The zero-order valence-electron chi connectivity index (χ0n) is 10.9. The highest BCUT2D eigenvalue weighted by atomic mass is 16.5. The molecule has 1 unspecified atom stereocenters. The zero-order chi connectivity index (χ0) is 13.7. The molecule has 1 aliphatic rings. The molecule has 1 aromatic rings. The van der Waals surface area contributed by atoms with Crippen molar-refractivity contribution in [1.29, 1.82) is 0 Å². The standard InChI is InChI=1S/C14H18N2O3/c1-10(16-18)11-4-2-6-13(8-11)15-14(17)12-5-3-7-19-9-12/h2,4,6,8,12,18H,3,5,7,9H2,1H3,(H,15,17). The maximum absolute atomic E-state index is 12.0. The zero-order valence-corrected chi connectivity index (χ0v) is 10.9. The van der Waals surface area contributed by atoms with Gasteiger partial charge in [-0.15, -0.1) is 0 Å². The first-order valence-corrected chi connectivity index (χ1v) is 6.38. The lowest BCUT2D eigenvalue weighted by Crippen LogP contribution is -2.30. The van der Waals surface area contributed by atoms with Gasteiger partial charge in [0, 0.05) is 17.9 Å². The number of rotatable bonds is 3. The van der Waals surface area contributed by atoms with E-state index in [1.165, 1.54) is 0 Å². The lowest BCUT2D eigenvalue weighted by atomic mass is 10.0. The van der Waals surface area contributed by atoms with Gasteiger partial charge >= 0.3 is 0 Å². The Labute approximate surface area is 112 Å². The van der Waals surface area contributed by atoms with Gasteiger partial charge in [0.05, 0.1) is 18.2 Å². The van der Waals surface area contributed by atoms with Crippen LogP contribution in [0.3, 0.4) is 0 Å². The second-order valence-corrected chi connectivity index (χ2v) is 4.67. The summed E-state index contributed by atoms with van der Waals surface area (Å²) in [5.41, 5.74) is 1.99. The lowest BCUT2D eigenvalue weighted by molar-refractivity contribution is -0.123. The van der Waals surface area contributed by atoms with Crippen LogP contribution >= 0.6 is 0 Å². The van der Waals surface area contributed by atoms with Crippen LogP contribution in [0, 0.1) is 5.92 Å². The van der Waals surface area contributed by atoms with Gasteiger partial charge < -0.3 is 15.3 Å². The molecule has 1 fully saturated rings. The maximum Gasteiger partial charge on any atom is 0.229 e. The predicted octanol–water partition coefficient (Wildman–Crippen LogP) is 2.25. The highest BCUT2D eigenvalue weighted by molar-refractivity contribution is 6.00. The number of amides is 1. The molecule has 1 saturated heterocycles. The van der Waals surface area contributed by atoms with Crippen molar-refractivity contribution < 1.29 is 14.7 Å². The van der Waals surface area contributed by atoms with Crippen LogP contribution in [0.4, 0.5) is 5.69 Å². The Balaban J connectivity index is 2.04. The Hall–Kier alpha value is -1.88. The van der Waals surface area contributed by atoms with Crippen molar-refractivity contribution in [3.05, 3.63) is 29.8 Å². The number of ether oxygens (including phenoxy) is 1. The van der Waals surface area contributed by atoms with Crippen LogP contribution in [0.2, 0.25) is 0 Å². The molecule has 1 atom stereocenters. The molecule has 0 saturated carbocycles. The number of hydrogen-bond acceptors (Lipinski definition) is 4. The van der Waals surface area contributed by atoms with E-state index in [0.717, 1.165) is 25.0 Å². The van der Waals surface area contributed by atoms with Crippen LogP contribution in [0.5, 0.6) is 0 Å². The molecule has 5 heteroatoms. The number of anilines is 1. The summed E-state index contributed by atoms with van der Waals surface area (Å²) in [6.07, 6.45) is 1.79. The van der Waals surface area contributed by atoms with Crippen LogP contribution < -0.4 is 5.32 Å². The summed E-state index contributed by atoms with van der Waals surface area (Å²) in [5.74, 6) is -0.0968. The maximum atomic E-state index is 12.0. The minimum Gasteiger partial charge on any atom is -0.411 e. The highest BCUT2D eigenvalue weighted by Crippen LogP contribution is 2.17. The molecule has 1 aliphatic heterocycles. The van der Waals surface area contributed by atoms with Crippen molar-refractivity contribution >= 4 is 17.3 Å². The molecule has 0 aliphatic carbocycles. The van der Waals surface area contributed by atoms with E-state index >= 15 is 0 Å². The Kier molecular flexibility index (Phi) is 4.52. The first-order valence-electron chi connectivity index (χ1n) is 6.38. The summed E-state index contributed by atoms with van der Waals surface area (Å²) in [6.45, 7) is 2.93. The van der Waals surface area contributed by atoms with E-state index in [9.17, 15) is 4.79 Å². The molecule has 19 heavy (non-hydrogen) atoms. The Morgan fingerprint density at radius 1 is 1.53 bits per heavy atom. The second-order valence-electron chi connectivity index (χ2n) is 4.67. The van der Waals surface area contributed by atoms with E-state index in [0.29, 0.717) is 18.0 Å². The summed E-state index contributed by atoms with van der Waals surface area (Å²) in [6, 6.07) is 7.25. The average molecular weight is 262 g/mol. The van der Waals surface area contributed by atoms with Crippen LogP contribution in [-0.4, -0.2) is 30.0 Å². The molecule has 1 heterocycles. The van der Waals surface area contributed by atoms with Crippen LogP contribution in [-0.2, 0) is 9.53 Å². The van der Waals surface area contributed by atoms with Gasteiger partial charge in [-0.2, -0.15) is 0 Å². The number of nitrogens with zero attached hydrogens (tertiary/aromatic N) is 1. The third-order valence-corrected chi connectivity index (χ3v) is 3.23. The van der Waals surface area contributed by atoms with Crippen molar-refractivity contribution in [2.75, 3.05) is 18.5 Å². The van der Waals surface area contributed by atoms with E-state index in [-0.39, 0.29) is 11.8 Å². The topological polar surface area (TPSA) is 70.9 Å². The van der Waals surface area contributed by atoms with Crippen molar-refractivity contribution in [1.82, 2.24) is 0 Å². The van der Waals surface area contributed by atoms with Crippen LogP contribution in [0.15, 0.2) is 29.4 Å². The van der Waals surface area contributed by atoms with Crippen molar-refractivity contribution in [2.24, 2.45) is 11.1 Å². The van der Waals surface area contributed by atoms with E-state index < -0.39 is 0 Å². The molecule has 102 valence electrons. The molecule has 5 nitrogen and oxygen atoms in total. The highest BCUT2D eigenvalue weighted by Gasteiger charge is 2.21. The third kappa shape index (κ3) is 3.54. The predicted molar refractivity (Wildman–Crippen MR) is 72.6 cm³/mol. The van der Waals surface area contributed by atoms with Gasteiger partial charge in [0.2, 0.25) is 5.91 Å². The van der Waals surface area contributed by atoms with Gasteiger partial charge in [-0.1, -0.05) is 17.3 Å². The van der Waals surface area contributed by atoms with Gasteiger partial charge in [-0.25, -0.2) is 0 Å². The largest absolute Gasteiger partial charge is 0.411 e. The first kappa shape index (κ1) is 13.5. The van der Waals surface area contributed by atoms with Crippen molar-refractivity contribution in [3.63, 3.8) is 0 Å². The number of carbonyl (C=O) groups excluding carboxylic acids is 1. The fourth-order valence-electron chi connectivity index (χ4n) is 2.07. The van der Waals surface area contributed by atoms with Gasteiger partial charge in [0.15, 0.2) is 0 Å². The molecule has 0 radical (unpaired) electrons. The Morgan fingerprint density at radius 3 is 3.05 bits per heavy atom. The molecular weight excluding hydrogens is 244 g/mol.